The maximum Gasteiger partial charge on any atom is 0.304 e. The average Bonchev–Trinajstić information content (AvgIpc) is 2.22. The lowest BCUT2D eigenvalue weighted by Crippen LogP contribution is -2.30. The number of nitrogens with one attached hydrogen (secondary N) is 1. The molecule has 88 valence electrons. The van der Waals surface area contributed by atoms with Gasteiger partial charge in [-0.25, -0.2) is 0 Å². The van der Waals surface area contributed by atoms with E-state index >= 15 is 0 Å². The first-order valence-corrected chi connectivity index (χ1v) is 5.54. The SMILES string of the molecule is CNC(CC(=O)O)Cc1ccc(Cl)c(C)c1. The van der Waals surface area contributed by atoms with Gasteiger partial charge in [-0.15, -0.1) is 0 Å². The van der Waals surface area contributed by atoms with E-state index in [4.69, 9.17) is 16.7 Å². The van der Waals surface area contributed by atoms with Gasteiger partial charge in [-0.05, 0) is 37.6 Å². The van der Waals surface area contributed by atoms with Crippen LogP contribution in [0.4, 0.5) is 0 Å². The summed E-state index contributed by atoms with van der Waals surface area (Å²) in [6, 6.07) is 5.73. The van der Waals surface area contributed by atoms with Gasteiger partial charge in [0.25, 0.3) is 0 Å². The predicted octanol–water partition coefficient (Wildman–Crippen LogP) is 2.25. The topological polar surface area (TPSA) is 49.3 Å². The maximum atomic E-state index is 10.6. The van der Waals surface area contributed by atoms with E-state index in [0.717, 1.165) is 16.1 Å². The van der Waals surface area contributed by atoms with E-state index in [0.29, 0.717) is 6.42 Å². The van der Waals surface area contributed by atoms with Crippen LogP contribution in [-0.2, 0) is 11.2 Å². The minimum atomic E-state index is -0.787. The molecule has 0 saturated heterocycles. The van der Waals surface area contributed by atoms with Crippen LogP contribution in [0.3, 0.4) is 0 Å². The highest BCUT2D eigenvalue weighted by molar-refractivity contribution is 6.31. The summed E-state index contributed by atoms with van der Waals surface area (Å²) in [7, 11) is 1.77. The summed E-state index contributed by atoms with van der Waals surface area (Å²) in [6.45, 7) is 1.94. The number of benzene rings is 1. The lowest BCUT2D eigenvalue weighted by atomic mass is 10.0. The zero-order chi connectivity index (χ0) is 12.1. The molecule has 0 amide bonds. The highest BCUT2D eigenvalue weighted by Crippen LogP contribution is 2.17. The first-order valence-electron chi connectivity index (χ1n) is 5.17. The van der Waals surface area contributed by atoms with Gasteiger partial charge in [-0.2, -0.15) is 0 Å². The number of carboxylic acid groups (broad SMARTS) is 1. The van der Waals surface area contributed by atoms with Crippen LogP contribution in [0.2, 0.25) is 5.02 Å². The molecule has 0 aromatic heterocycles. The van der Waals surface area contributed by atoms with E-state index in [9.17, 15) is 4.79 Å². The molecule has 1 atom stereocenters. The number of carboxylic acids is 1. The minimum absolute atomic E-state index is 0.0434. The molecule has 0 fully saturated rings. The van der Waals surface area contributed by atoms with Crippen molar-refractivity contribution in [2.24, 2.45) is 0 Å². The quantitative estimate of drug-likeness (QED) is 0.831. The Balaban J connectivity index is 2.70. The van der Waals surface area contributed by atoms with Crippen molar-refractivity contribution in [3.05, 3.63) is 34.3 Å². The Bertz CT molecular complexity index is 379. The summed E-state index contributed by atoms with van der Waals surface area (Å²) >= 11 is 5.93. The second kappa shape index (κ2) is 5.87. The van der Waals surface area contributed by atoms with Gasteiger partial charge in [-0.3, -0.25) is 4.79 Å². The normalized spacial score (nSPS) is 12.4. The number of halogens is 1. The van der Waals surface area contributed by atoms with Crippen molar-refractivity contribution < 1.29 is 9.90 Å². The summed E-state index contributed by atoms with van der Waals surface area (Å²) in [5, 5.41) is 12.5. The monoisotopic (exact) mass is 241 g/mol. The summed E-state index contributed by atoms with van der Waals surface area (Å²) in [4.78, 5) is 10.6. The minimum Gasteiger partial charge on any atom is -0.481 e. The van der Waals surface area contributed by atoms with Crippen molar-refractivity contribution in [3.8, 4) is 0 Å². The number of aryl methyl sites for hydroxylation is 1. The van der Waals surface area contributed by atoms with Crippen molar-refractivity contribution in [1.29, 1.82) is 0 Å². The summed E-state index contributed by atoms with van der Waals surface area (Å²) in [5.41, 5.74) is 2.12. The Morgan fingerprint density at radius 2 is 2.25 bits per heavy atom. The molecule has 0 spiro atoms. The van der Waals surface area contributed by atoms with Crippen LogP contribution in [0.25, 0.3) is 0 Å². The van der Waals surface area contributed by atoms with Crippen LogP contribution in [0.1, 0.15) is 17.5 Å². The van der Waals surface area contributed by atoms with Gasteiger partial charge in [-0.1, -0.05) is 23.7 Å². The summed E-state index contributed by atoms with van der Waals surface area (Å²) < 4.78 is 0. The molecule has 1 aromatic carbocycles. The van der Waals surface area contributed by atoms with E-state index in [1.54, 1.807) is 7.05 Å². The van der Waals surface area contributed by atoms with Crippen molar-refractivity contribution in [1.82, 2.24) is 5.32 Å². The molecule has 16 heavy (non-hydrogen) atoms. The van der Waals surface area contributed by atoms with Crippen molar-refractivity contribution in [2.75, 3.05) is 7.05 Å². The van der Waals surface area contributed by atoms with E-state index < -0.39 is 5.97 Å². The fourth-order valence-electron chi connectivity index (χ4n) is 1.61. The zero-order valence-corrected chi connectivity index (χ0v) is 10.2. The third kappa shape index (κ3) is 3.83. The number of carbonyl (C=O) groups is 1. The lowest BCUT2D eigenvalue weighted by molar-refractivity contribution is -0.137. The van der Waals surface area contributed by atoms with Crippen LogP contribution in [0.15, 0.2) is 18.2 Å². The van der Waals surface area contributed by atoms with Gasteiger partial charge < -0.3 is 10.4 Å². The largest absolute Gasteiger partial charge is 0.481 e. The highest BCUT2D eigenvalue weighted by Gasteiger charge is 2.11. The van der Waals surface area contributed by atoms with E-state index in [-0.39, 0.29) is 12.5 Å². The predicted molar refractivity (Wildman–Crippen MR) is 65.0 cm³/mol. The molecular formula is C12H16ClNO2. The zero-order valence-electron chi connectivity index (χ0n) is 9.46. The highest BCUT2D eigenvalue weighted by atomic mass is 35.5. The Morgan fingerprint density at radius 3 is 2.75 bits per heavy atom. The number of hydrogen-bond donors (Lipinski definition) is 2. The van der Waals surface area contributed by atoms with E-state index in [2.05, 4.69) is 5.32 Å². The Kier molecular flexibility index (Phi) is 4.77. The molecule has 0 bridgehead atoms. The van der Waals surface area contributed by atoms with Crippen molar-refractivity contribution in [2.45, 2.75) is 25.8 Å². The number of aliphatic carboxylic acids is 1. The lowest BCUT2D eigenvalue weighted by Gasteiger charge is -2.14. The number of likely N-dealkylation sites (N-methyl/N-ethyl adjacent to an activating group) is 1. The molecule has 0 heterocycles. The molecule has 2 N–H and O–H groups in total. The fraction of sp³-hybridized carbons (Fsp3) is 0.417. The van der Waals surface area contributed by atoms with Gasteiger partial charge >= 0.3 is 5.97 Å². The van der Waals surface area contributed by atoms with Crippen LogP contribution >= 0.6 is 11.6 Å². The second-order valence-corrected chi connectivity index (χ2v) is 4.28. The molecule has 0 aliphatic heterocycles. The van der Waals surface area contributed by atoms with Gasteiger partial charge in [0.1, 0.15) is 0 Å². The van der Waals surface area contributed by atoms with Crippen molar-refractivity contribution in [3.63, 3.8) is 0 Å². The first kappa shape index (κ1) is 13.0. The summed E-state index contributed by atoms with van der Waals surface area (Å²) in [5.74, 6) is -0.787. The fourth-order valence-corrected chi connectivity index (χ4v) is 1.72. The Morgan fingerprint density at radius 1 is 1.56 bits per heavy atom. The van der Waals surface area contributed by atoms with E-state index in [1.807, 2.05) is 25.1 Å². The Hall–Kier alpha value is -1.06. The molecule has 0 aliphatic rings. The van der Waals surface area contributed by atoms with Gasteiger partial charge in [0.15, 0.2) is 0 Å². The Labute approximate surface area is 100 Å². The van der Waals surface area contributed by atoms with Crippen LogP contribution in [0.5, 0.6) is 0 Å². The molecule has 4 heteroatoms. The molecule has 0 radical (unpaired) electrons. The van der Waals surface area contributed by atoms with Crippen LogP contribution < -0.4 is 5.32 Å². The van der Waals surface area contributed by atoms with Crippen LogP contribution in [0, 0.1) is 6.92 Å². The molecule has 1 unspecified atom stereocenters. The van der Waals surface area contributed by atoms with Gasteiger partial charge in [0.05, 0.1) is 6.42 Å². The molecule has 1 rings (SSSR count). The molecule has 0 aliphatic carbocycles. The molecule has 3 nitrogen and oxygen atoms in total. The first-order chi connectivity index (χ1) is 7.52. The second-order valence-electron chi connectivity index (χ2n) is 3.87. The van der Waals surface area contributed by atoms with Crippen molar-refractivity contribution >= 4 is 17.6 Å². The third-order valence-electron chi connectivity index (χ3n) is 2.53. The molecule has 1 aromatic rings. The van der Waals surface area contributed by atoms with Crippen LogP contribution in [-0.4, -0.2) is 24.2 Å². The average molecular weight is 242 g/mol. The smallest absolute Gasteiger partial charge is 0.304 e. The van der Waals surface area contributed by atoms with Gasteiger partial charge in [0.2, 0.25) is 0 Å². The number of rotatable bonds is 5. The summed E-state index contributed by atoms with van der Waals surface area (Å²) in [6.07, 6.45) is 0.818. The molecular weight excluding hydrogens is 226 g/mol. The number of hydrogen-bond acceptors (Lipinski definition) is 2. The van der Waals surface area contributed by atoms with E-state index in [1.165, 1.54) is 0 Å². The standard InChI is InChI=1S/C12H16ClNO2/c1-8-5-9(3-4-11(8)13)6-10(14-2)7-12(15)16/h3-5,10,14H,6-7H2,1-2H3,(H,15,16). The third-order valence-corrected chi connectivity index (χ3v) is 2.96. The molecule has 0 saturated carbocycles. The maximum absolute atomic E-state index is 10.6. The van der Waals surface area contributed by atoms with Gasteiger partial charge in [0, 0.05) is 11.1 Å².